The van der Waals surface area contributed by atoms with Crippen LogP contribution in [0.2, 0.25) is 0 Å². The van der Waals surface area contributed by atoms with Crippen molar-refractivity contribution in [3.63, 3.8) is 0 Å². The quantitative estimate of drug-likeness (QED) is 0.813. The maximum atomic E-state index is 10.9. The van der Waals surface area contributed by atoms with Crippen LogP contribution >= 0.6 is 11.8 Å². The number of primary amides is 1. The third-order valence-electron chi connectivity index (χ3n) is 2.68. The molecule has 0 aliphatic heterocycles. The molecule has 0 bridgehead atoms. The Bertz CT molecular complexity index is 600. The van der Waals surface area contributed by atoms with Gasteiger partial charge in [-0.3, -0.25) is 9.69 Å². The summed E-state index contributed by atoms with van der Waals surface area (Å²) in [5.74, 6) is -0.393. The van der Waals surface area contributed by atoms with Gasteiger partial charge >= 0.3 is 0 Å². The van der Waals surface area contributed by atoms with Gasteiger partial charge in [0, 0.05) is 11.4 Å². The highest BCUT2D eigenvalue weighted by molar-refractivity contribution is 7.98. The van der Waals surface area contributed by atoms with Crippen LogP contribution in [0, 0.1) is 0 Å². The van der Waals surface area contributed by atoms with E-state index in [0.29, 0.717) is 12.4 Å². The zero-order chi connectivity index (χ0) is 14.5. The molecule has 20 heavy (non-hydrogen) atoms. The van der Waals surface area contributed by atoms with Gasteiger partial charge in [-0.15, -0.1) is 11.8 Å². The van der Waals surface area contributed by atoms with Crippen molar-refractivity contribution in [3.05, 3.63) is 41.5 Å². The topological polar surface area (TPSA) is 85.3 Å². The lowest BCUT2D eigenvalue weighted by Crippen LogP contribution is -2.18. The van der Waals surface area contributed by atoms with Crippen molar-refractivity contribution in [3.8, 4) is 0 Å². The first-order valence-corrected chi connectivity index (χ1v) is 7.25. The minimum atomic E-state index is -0.685. The van der Waals surface area contributed by atoms with E-state index in [1.54, 1.807) is 11.8 Å². The van der Waals surface area contributed by atoms with Crippen molar-refractivity contribution in [2.75, 3.05) is 13.3 Å². The van der Waals surface area contributed by atoms with Gasteiger partial charge in [0.2, 0.25) is 5.89 Å². The summed E-state index contributed by atoms with van der Waals surface area (Å²) in [5.41, 5.74) is 6.28. The third kappa shape index (κ3) is 3.82. The fourth-order valence-electron chi connectivity index (χ4n) is 1.79. The van der Waals surface area contributed by atoms with E-state index < -0.39 is 5.91 Å². The summed E-state index contributed by atoms with van der Waals surface area (Å²) in [5, 5.41) is 3.51. The van der Waals surface area contributed by atoms with E-state index in [1.807, 2.05) is 24.3 Å². The molecule has 0 radical (unpaired) electrons. The fraction of sp³-hybridized carbons (Fsp3) is 0.308. The second kappa shape index (κ2) is 6.53. The molecule has 2 aromatic rings. The van der Waals surface area contributed by atoms with Crippen LogP contribution in [0.4, 0.5) is 0 Å². The van der Waals surface area contributed by atoms with Crippen LogP contribution in [-0.4, -0.2) is 34.3 Å². The molecule has 0 aliphatic rings. The summed E-state index contributed by atoms with van der Waals surface area (Å²) in [6, 6.07) is 8.32. The number of hydrogen-bond acceptors (Lipinski definition) is 6. The standard InChI is InChI=1S/C13H16N4O2S/c1-17(7-9-4-3-5-10(6-9)20-2)8-11-15-13(12(14)18)16-19-11/h3-6H,7-8H2,1-2H3,(H2,14,18). The summed E-state index contributed by atoms with van der Waals surface area (Å²) < 4.78 is 4.97. The van der Waals surface area contributed by atoms with Crippen LogP contribution in [-0.2, 0) is 13.1 Å². The number of rotatable bonds is 6. The van der Waals surface area contributed by atoms with E-state index in [-0.39, 0.29) is 5.82 Å². The second-order valence-corrected chi connectivity index (χ2v) is 5.28. The third-order valence-corrected chi connectivity index (χ3v) is 3.41. The van der Waals surface area contributed by atoms with Gasteiger partial charge in [0.25, 0.3) is 11.7 Å². The van der Waals surface area contributed by atoms with Crippen molar-refractivity contribution >= 4 is 17.7 Å². The number of benzene rings is 1. The van der Waals surface area contributed by atoms with Gasteiger partial charge in [0.05, 0.1) is 6.54 Å². The molecule has 1 amide bonds. The number of amides is 1. The Hall–Kier alpha value is -1.86. The first-order chi connectivity index (χ1) is 9.58. The Morgan fingerprint density at radius 3 is 2.90 bits per heavy atom. The summed E-state index contributed by atoms with van der Waals surface area (Å²) in [6.45, 7) is 1.21. The van der Waals surface area contributed by atoms with Crippen molar-refractivity contribution in [2.45, 2.75) is 18.0 Å². The molecule has 2 N–H and O–H groups in total. The maximum Gasteiger partial charge on any atom is 0.290 e. The average molecular weight is 292 g/mol. The average Bonchev–Trinajstić information content (AvgIpc) is 2.87. The Morgan fingerprint density at radius 2 is 2.25 bits per heavy atom. The van der Waals surface area contributed by atoms with Crippen molar-refractivity contribution in [1.29, 1.82) is 0 Å². The highest BCUT2D eigenvalue weighted by atomic mass is 32.2. The largest absolute Gasteiger partial charge is 0.363 e. The molecule has 0 aliphatic carbocycles. The molecule has 6 nitrogen and oxygen atoms in total. The molecule has 0 unspecified atom stereocenters. The molecular formula is C13H16N4O2S. The normalized spacial score (nSPS) is 10.9. The van der Waals surface area contributed by atoms with Gasteiger partial charge in [-0.2, -0.15) is 4.98 Å². The molecule has 1 aromatic heterocycles. The van der Waals surface area contributed by atoms with Gasteiger partial charge in [-0.05, 0) is 31.0 Å². The number of nitrogens with two attached hydrogens (primary N) is 1. The lowest BCUT2D eigenvalue weighted by Gasteiger charge is -2.14. The SMILES string of the molecule is CSc1cccc(CN(C)Cc2nc(C(N)=O)no2)c1. The van der Waals surface area contributed by atoms with E-state index in [4.69, 9.17) is 10.3 Å². The lowest BCUT2D eigenvalue weighted by atomic mass is 10.2. The second-order valence-electron chi connectivity index (χ2n) is 4.40. The molecule has 1 heterocycles. The van der Waals surface area contributed by atoms with Crippen LogP contribution in [0.15, 0.2) is 33.7 Å². The summed E-state index contributed by atoms with van der Waals surface area (Å²) in [7, 11) is 1.94. The molecule has 0 saturated heterocycles. The number of nitrogens with zero attached hydrogens (tertiary/aromatic N) is 3. The van der Waals surface area contributed by atoms with Crippen molar-refractivity contribution in [1.82, 2.24) is 15.0 Å². The number of thioether (sulfide) groups is 1. The predicted molar refractivity (Wildman–Crippen MR) is 76.2 cm³/mol. The van der Waals surface area contributed by atoms with Gasteiger partial charge in [-0.1, -0.05) is 17.3 Å². The van der Waals surface area contributed by atoms with Crippen molar-refractivity contribution < 1.29 is 9.32 Å². The highest BCUT2D eigenvalue weighted by Gasteiger charge is 2.12. The highest BCUT2D eigenvalue weighted by Crippen LogP contribution is 2.17. The molecule has 0 spiro atoms. The van der Waals surface area contributed by atoms with Crippen LogP contribution in [0.1, 0.15) is 22.1 Å². The molecule has 0 atom stereocenters. The summed E-state index contributed by atoms with van der Waals surface area (Å²) in [6.07, 6.45) is 2.05. The molecule has 7 heteroatoms. The predicted octanol–water partition coefficient (Wildman–Crippen LogP) is 1.52. The Labute approximate surface area is 121 Å². The minimum Gasteiger partial charge on any atom is -0.363 e. The zero-order valence-electron chi connectivity index (χ0n) is 11.4. The van der Waals surface area contributed by atoms with Crippen molar-refractivity contribution in [2.24, 2.45) is 5.73 Å². The molecular weight excluding hydrogens is 276 g/mol. The molecule has 0 saturated carbocycles. The number of carbonyl (C=O) groups is 1. The molecule has 0 fully saturated rings. The van der Waals surface area contributed by atoms with E-state index >= 15 is 0 Å². The van der Waals surface area contributed by atoms with Gasteiger partial charge in [0.15, 0.2) is 0 Å². The Balaban J connectivity index is 1.97. The first kappa shape index (κ1) is 14.5. The van der Waals surface area contributed by atoms with E-state index in [2.05, 4.69) is 28.3 Å². The first-order valence-electron chi connectivity index (χ1n) is 6.02. The minimum absolute atomic E-state index is 0.0854. The van der Waals surface area contributed by atoms with E-state index in [0.717, 1.165) is 6.54 Å². The van der Waals surface area contributed by atoms with Gasteiger partial charge < -0.3 is 10.3 Å². The smallest absolute Gasteiger partial charge is 0.290 e. The van der Waals surface area contributed by atoms with Crippen LogP contribution in [0.5, 0.6) is 0 Å². The summed E-state index contributed by atoms with van der Waals surface area (Å²) >= 11 is 1.71. The number of carbonyl (C=O) groups excluding carboxylic acids is 1. The van der Waals surface area contributed by atoms with Crippen LogP contribution in [0.25, 0.3) is 0 Å². The fourth-order valence-corrected chi connectivity index (χ4v) is 2.27. The Kier molecular flexibility index (Phi) is 4.75. The van der Waals surface area contributed by atoms with E-state index in [9.17, 15) is 4.79 Å². The Morgan fingerprint density at radius 1 is 1.45 bits per heavy atom. The molecule has 2 rings (SSSR count). The van der Waals surface area contributed by atoms with Crippen LogP contribution < -0.4 is 5.73 Å². The number of aromatic nitrogens is 2. The molecule has 106 valence electrons. The summed E-state index contributed by atoms with van der Waals surface area (Å²) in [4.78, 5) is 18.1. The number of hydrogen-bond donors (Lipinski definition) is 1. The maximum absolute atomic E-state index is 10.9. The zero-order valence-corrected chi connectivity index (χ0v) is 12.2. The van der Waals surface area contributed by atoms with Crippen LogP contribution in [0.3, 0.4) is 0 Å². The lowest BCUT2D eigenvalue weighted by molar-refractivity contribution is 0.0987. The van der Waals surface area contributed by atoms with E-state index in [1.165, 1.54) is 10.5 Å². The molecule has 1 aromatic carbocycles. The van der Waals surface area contributed by atoms with Gasteiger partial charge in [0.1, 0.15) is 0 Å². The van der Waals surface area contributed by atoms with Gasteiger partial charge in [-0.25, -0.2) is 0 Å². The monoisotopic (exact) mass is 292 g/mol.